The predicted molar refractivity (Wildman–Crippen MR) is 64.1 cm³/mol. The molecule has 114 valence electrons. The number of halogens is 2. The van der Waals surface area contributed by atoms with Gasteiger partial charge in [-0.1, -0.05) is 0 Å². The zero-order valence-corrected chi connectivity index (χ0v) is 12.8. The second kappa shape index (κ2) is 6.73. The van der Waals surface area contributed by atoms with E-state index in [2.05, 4.69) is 4.74 Å². The molecule has 0 heterocycles. The van der Waals surface area contributed by atoms with Gasteiger partial charge in [0, 0.05) is 13.5 Å². The van der Waals surface area contributed by atoms with Gasteiger partial charge in [-0.2, -0.15) is 8.78 Å². The first-order valence-electron chi connectivity index (χ1n) is 5.45. The first kappa shape index (κ1) is 18.4. The minimum atomic E-state index is -5.82. The quantitative estimate of drug-likeness (QED) is 0.380. The maximum Gasteiger partial charge on any atom is 0.367 e. The van der Waals surface area contributed by atoms with Gasteiger partial charge in [-0.3, -0.25) is 4.79 Å². The molecular formula is C9H17F2O6SSi-. The van der Waals surface area contributed by atoms with E-state index in [-0.39, 0.29) is 6.42 Å². The van der Waals surface area contributed by atoms with Gasteiger partial charge < -0.3 is 13.7 Å². The fourth-order valence-corrected chi connectivity index (χ4v) is 2.50. The maximum absolute atomic E-state index is 12.7. The monoisotopic (exact) mass is 319 g/mol. The van der Waals surface area contributed by atoms with E-state index in [1.807, 2.05) is 13.1 Å². The number of hydrogen-bond acceptors (Lipinski definition) is 6. The molecule has 6 nitrogen and oxygen atoms in total. The Balaban J connectivity index is 4.09. The van der Waals surface area contributed by atoms with Crippen LogP contribution in [0.15, 0.2) is 0 Å². The van der Waals surface area contributed by atoms with Crippen LogP contribution < -0.4 is 0 Å². The van der Waals surface area contributed by atoms with Gasteiger partial charge in [-0.05, 0) is 25.6 Å². The van der Waals surface area contributed by atoms with E-state index < -0.39 is 36.3 Å². The maximum atomic E-state index is 12.7. The molecule has 0 unspecified atom stereocenters. The van der Waals surface area contributed by atoms with Crippen LogP contribution in [0.5, 0.6) is 0 Å². The highest BCUT2D eigenvalue weighted by Gasteiger charge is 2.39. The lowest BCUT2D eigenvalue weighted by atomic mass is 10.3. The second-order valence-electron chi connectivity index (χ2n) is 4.57. The van der Waals surface area contributed by atoms with E-state index in [1.165, 1.54) is 0 Å². The molecule has 0 radical (unpaired) electrons. The molecule has 0 aromatic heterocycles. The Kier molecular flexibility index (Phi) is 6.52. The highest BCUT2D eigenvalue weighted by Crippen LogP contribution is 2.21. The van der Waals surface area contributed by atoms with Gasteiger partial charge in [0.15, 0.2) is 25.0 Å². The zero-order valence-electron chi connectivity index (χ0n) is 10.9. The third kappa shape index (κ3) is 6.94. The summed E-state index contributed by atoms with van der Waals surface area (Å²) >= 11 is 0. The molecule has 0 amide bonds. The minimum Gasteiger partial charge on any atom is -0.743 e. The highest BCUT2D eigenvalue weighted by atomic mass is 32.2. The van der Waals surface area contributed by atoms with Crippen molar-refractivity contribution in [2.45, 2.75) is 37.2 Å². The van der Waals surface area contributed by atoms with Gasteiger partial charge in [0.25, 0.3) is 0 Å². The molecule has 10 heteroatoms. The third-order valence-corrected chi connectivity index (χ3v) is 5.99. The summed E-state index contributed by atoms with van der Waals surface area (Å²) in [7, 11) is -6.10. The molecule has 0 N–H and O–H groups in total. The van der Waals surface area contributed by atoms with Gasteiger partial charge in [0.2, 0.25) is 0 Å². The summed E-state index contributed by atoms with van der Waals surface area (Å²) < 4.78 is 65.1. The molecule has 0 saturated carbocycles. The number of rotatable bonds is 8. The van der Waals surface area contributed by atoms with Crippen molar-refractivity contribution in [2.24, 2.45) is 0 Å². The molecule has 0 rings (SSSR count). The summed E-state index contributed by atoms with van der Waals surface area (Å²) in [6.07, 6.45) is 0.260. The Morgan fingerprint density at radius 3 is 2.32 bits per heavy atom. The smallest absolute Gasteiger partial charge is 0.367 e. The number of alkyl halides is 2. The predicted octanol–water partition coefficient (Wildman–Crippen LogP) is 1.30. The molecule has 0 aliphatic carbocycles. The number of carbonyl (C=O) groups excluding carboxylic acids is 1. The van der Waals surface area contributed by atoms with Crippen LogP contribution in [0.2, 0.25) is 19.1 Å². The lowest BCUT2D eigenvalue weighted by molar-refractivity contribution is -0.149. The fourth-order valence-electron chi connectivity index (χ4n) is 1.07. The second-order valence-corrected chi connectivity index (χ2v) is 10.5. The molecule has 0 aliphatic rings. The number of ether oxygens (including phenoxy) is 1. The van der Waals surface area contributed by atoms with Crippen LogP contribution in [0.4, 0.5) is 8.78 Å². The fraction of sp³-hybridized carbons (Fsp3) is 0.889. The van der Waals surface area contributed by atoms with Gasteiger partial charge in [-0.25, -0.2) is 8.42 Å². The van der Waals surface area contributed by atoms with Crippen LogP contribution in [0.3, 0.4) is 0 Å². The summed E-state index contributed by atoms with van der Waals surface area (Å²) in [5.41, 5.74) is 0. The summed E-state index contributed by atoms with van der Waals surface area (Å²) in [5.74, 6) is -0.968. The van der Waals surface area contributed by atoms with Crippen molar-refractivity contribution in [1.29, 1.82) is 0 Å². The van der Waals surface area contributed by atoms with Gasteiger partial charge in [0.05, 0.1) is 0 Å². The number of carbonyl (C=O) groups is 1. The molecule has 0 bridgehead atoms. The Labute approximate surface area is 112 Å². The molecule has 0 spiro atoms. The Bertz CT molecular complexity index is 409. The highest BCUT2D eigenvalue weighted by molar-refractivity contribution is 7.86. The topological polar surface area (TPSA) is 92.7 Å². The molecule has 0 aliphatic heterocycles. The summed E-state index contributed by atoms with van der Waals surface area (Å²) in [6, 6.07) is 0.634. The lowest BCUT2D eigenvalue weighted by Crippen LogP contribution is -2.34. The van der Waals surface area contributed by atoms with E-state index in [0.717, 1.165) is 0 Å². The van der Waals surface area contributed by atoms with Gasteiger partial charge in [0.1, 0.15) is 0 Å². The molecule has 0 atom stereocenters. The standard InChI is InChI=1S/C9H18F2O6SSi/c1-16-19(2,3)6-4-5-8(12)17-7-9(10,11)18(13,14)15/h4-7H2,1-3H3,(H,13,14,15)/p-1. The van der Waals surface area contributed by atoms with Crippen LogP contribution in [-0.4, -0.2) is 46.2 Å². The van der Waals surface area contributed by atoms with Crippen molar-refractivity contribution in [3.05, 3.63) is 0 Å². The zero-order chi connectivity index (χ0) is 15.3. The van der Waals surface area contributed by atoms with Crippen molar-refractivity contribution in [2.75, 3.05) is 13.7 Å². The average Bonchev–Trinajstić information content (AvgIpc) is 2.25. The van der Waals surface area contributed by atoms with Crippen molar-refractivity contribution in [1.82, 2.24) is 0 Å². The van der Waals surface area contributed by atoms with Crippen molar-refractivity contribution >= 4 is 24.4 Å². The first-order chi connectivity index (χ1) is 8.41. The largest absolute Gasteiger partial charge is 0.743 e. The van der Waals surface area contributed by atoms with Crippen molar-refractivity contribution in [3.8, 4) is 0 Å². The summed E-state index contributed by atoms with van der Waals surface area (Å²) in [5, 5.41) is -4.59. The van der Waals surface area contributed by atoms with Crippen LogP contribution in [0.1, 0.15) is 12.8 Å². The Morgan fingerprint density at radius 2 is 1.89 bits per heavy atom. The van der Waals surface area contributed by atoms with E-state index in [0.29, 0.717) is 12.5 Å². The van der Waals surface area contributed by atoms with E-state index in [9.17, 15) is 26.5 Å². The van der Waals surface area contributed by atoms with Crippen LogP contribution in [0, 0.1) is 0 Å². The molecule has 19 heavy (non-hydrogen) atoms. The van der Waals surface area contributed by atoms with E-state index >= 15 is 0 Å². The number of esters is 1. The Hall–Kier alpha value is -0.583. The first-order valence-corrected chi connectivity index (χ1v) is 9.98. The van der Waals surface area contributed by atoms with E-state index in [4.69, 9.17) is 4.43 Å². The number of hydrogen-bond donors (Lipinski definition) is 0. The van der Waals surface area contributed by atoms with Gasteiger partial charge >= 0.3 is 11.2 Å². The lowest BCUT2D eigenvalue weighted by Gasteiger charge is -2.20. The molecular weight excluding hydrogens is 302 g/mol. The van der Waals surface area contributed by atoms with Crippen molar-refractivity contribution in [3.63, 3.8) is 0 Å². The SMILES string of the molecule is CO[Si](C)(C)CCCC(=O)OCC(F)(F)S(=O)(=O)[O-]. The van der Waals surface area contributed by atoms with Gasteiger partial charge in [-0.15, -0.1) is 0 Å². The van der Waals surface area contributed by atoms with Crippen LogP contribution in [-0.2, 0) is 24.1 Å². The van der Waals surface area contributed by atoms with E-state index in [1.54, 1.807) is 7.11 Å². The summed E-state index contributed by atoms with van der Waals surface area (Å²) in [4.78, 5) is 11.1. The Morgan fingerprint density at radius 1 is 1.37 bits per heavy atom. The summed E-state index contributed by atoms with van der Waals surface area (Å²) in [6.45, 7) is 2.11. The normalized spacial score (nSPS) is 13.4. The van der Waals surface area contributed by atoms with Crippen LogP contribution in [0.25, 0.3) is 0 Å². The molecule has 0 saturated heterocycles. The van der Waals surface area contributed by atoms with Crippen molar-refractivity contribution < 1.29 is 35.7 Å². The van der Waals surface area contributed by atoms with Crippen LogP contribution >= 0.6 is 0 Å². The third-order valence-electron chi connectivity index (χ3n) is 2.48. The molecule has 0 aromatic carbocycles. The minimum absolute atomic E-state index is 0.130. The average molecular weight is 319 g/mol. The molecule has 0 aromatic rings. The molecule has 0 fully saturated rings.